The van der Waals surface area contributed by atoms with E-state index >= 15 is 0 Å². The molecule has 0 spiro atoms. The van der Waals surface area contributed by atoms with Crippen molar-refractivity contribution in [2.45, 2.75) is 19.8 Å². The highest BCUT2D eigenvalue weighted by molar-refractivity contribution is 6.04. The minimum atomic E-state index is -0.541. The van der Waals surface area contributed by atoms with Crippen molar-refractivity contribution in [2.24, 2.45) is 0 Å². The summed E-state index contributed by atoms with van der Waals surface area (Å²) in [6.45, 7) is 1.61. The summed E-state index contributed by atoms with van der Waals surface area (Å²) in [4.78, 5) is 36.6. The first-order valence-corrected chi connectivity index (χ1v) is 11.0. The summed E-state index contributed by atoms with van der Waals surface area (Å²) in [5.41, 5.74) is 3.38. The Bertz CT molecular complexity index is 1310. The molecule has 35 heavy (non-hydrogen) atoms. The highest BCUT2D eigenvalue weighted by atomic mass is 16.5. The maximum Gasteiger partial charge on any atom is 0.306 e. The zero-order chi connectivity index (χ0) is 24.6. The second-order valence-corrected chi connectivity index (χ2v) is 7.85. The van der Waals surface area contributed by atoms with Gasteiger partial charge in [-0.15, -0.1) is 10.2 Å². The van der Waals surface area contributed by atoms with Crippen molar-refractivity contribution < 1.29 is 23.5 Å². The highest BCUT2D eigenvalue weighted by Gasteiger charge is 2.14. The smallest absolute Gasteiger partial charge is 0.306 e. The first-order valence-electron chi connectivity index (χ1n) is 11.0. The van der Waals surface area contributed by atoms with Crippen LogP contribution in [0.2, 0.25) is 0 Å². The summed E-state index contributed by atoms with van der Waals surface area (Å²) in [6.07, 6.45) is 0.217. The van der Waals surface area contributed by atoms with E-state index in [9.17, 15) is 14.4 Å². The molecule has 8 heteroatoms. The van der Waals surface area contributed by atoms with Crippen molar-refractivity contribution in [1.29, 1.82) is 0 Å². The first-order chi connectivity index (χ1) is 17.0. The van der Waals surface area contributed by atoms with Crippen molar-refractivity contribution >= 4 is 23.3 Å². The van der Waals surface area contributed by atoms with Crippen molar-refractivity contribution in [3.05, 3.63) is 101 Å². The molecule has 1 N–H and O–H groups in total. The summed E-state index contributed by atoms with van der Waals surface area (Å²) in [5.74, 6) is -0.436. The van der Waals surface area contributed by atoms with E-state index < -0.39 is 5.97 Å². The molecule has 0 aliphatic rings. The molecule has 0 unspecified atom stereocenters. The molecule has 4 aromatic rings. The van der Waals surface area contributed by atoms with Crippen LogP contribution in [0.1, 0.15) is 38.6 Å². The standard InChI is InChI=1S/C27H23N3O5/c1-18-7-9-21(10-8-18)27-30-29-24(35-27)15-16-25(32)34-17-23(31)19-11-13-22(14-12-19)28-26(33)20-5-3-2-4-6-20/h2-14H,15-17H2,1H3,(H,28,33). The summed E-state index contributed by atoms with van der Waals surface area (Å²) < 4.78 is 10.7. The molecule has 0 aliphatic carbocycles. The van der Waals surface area contributed by atoms with Crippen LogP contribution in [0.3, 0.4) is 0 Å². The number of benzene rings is 3. The topological polar surface area (TPSA) is 111 Å². The van der Waals surface area contributed by atoms with E-state index in [-0.39, 0.29) is 31.1 Å². The lowest BCUT2D eigenvalue weighted by Crippen LogP contribution is -2.15. The molecule has 0 saturated heterocycles. The monoisotopic (exact) mass is 469 g/mol. The number of amides is 1. The third-order valence-electron chi connectivity index (χ3n) is 5.17. The lowest BCUT2D eigenvalue weighted by molar-refractivity contribution is -0.142. The Morgan fingerprint density at radius 3 is 2.29 bits per heavy atom. The van der Waals surface area contributed by atoms with Gasteiger partial charge < -0.3 is 14.5 Å². The predicted octanol–water partition coefficient (Wildman–Crippen LogP) is 4.66. The Morgan fingerprint density at radius 2 is 1.57 bits per heavy atom. The number of hydrogen-bond acceptors (Lipinski definition) is 7. The van der Waals surface area contributed by atoms with Crippen molar-refractivity contribution in [3.8, 4) is 11.5 Å². The Balaban J connectivity index is 1.22. The van der Waals surface area contributed by atoms with E-state index in [1.807, 2.05) is 37.3 Å². The van der Waals surface area contributed by atoms with Gasteiger partial charge in [-0.1, -0.05) is 35.9 Å². The highest BCUT2D eigenvalue weighted by Crippen LogP contribution is 2.19. The number of nitrogens with zero attached hydrogens (tertiary/aromatic N) is 2. The number of rotatable bonds is 9. The van der Waals surface area contributed by atoms with Gasteiger partial charge in [0, 0.05) is 28.8 Å². The van der Waals surface area contributed by atoms with Crippen LogP contribution in [0, 0.1) is 6.92 Å². The average molecular weight is 469 g/mol. The Labute approximate surface area is 202 Å². The van der Waals surface area contributed by atoms with Crippen LogP contribution in [-0.4, -0.2) is 34.5 Å². The largest absolute Gasteiger partial charge is 0.457 e. The van der Waals surface area contributed by atoms with Crippen LogP contribution in [0.4, 0.5) is 5.69 Å². The summed E-state index contributed by atoms with van der Waals surface area (Å²) in [7, 11) is 0. The number of nitrogens with one attached hydrogen (secondary N) is 1. The minimum absolute atomic E-state index is 0.00721. The van der Waals surface area contributed by atoms with E-state index in [1.54, 1.807) is 48.5 Å². The summed E-state index contributed by atoms with van der Waals surface area (Å²) >= 11 is 0. The van der Waals surface area contributed by atoms with Gasteiger partial charge in [0.1, 0.15) is 0 Å². The molecule has 176 valence electrons. The number of carbonyl (C=O) groups excluding carboxylic acids is 3. The quantitative estimate of drug-likeness (QED) is 0.280. The number of carbonyl (C=O) groups is 3. The molecule has 0 aliphatic heterocycles. The zero-order valence-corrected chi connectivity index (χ0v) is 19.1. The van der Waals surface area contributed by atoms with Gasteiger partial charge in [-0.3, -0.25) is 14.4 Å². The van der Waals surface area contributed by atoms with Gasteiger partial charge in [-0.25, -0.2) is 0 Å². The van der Waals surface area contributed by atoms with Crippen LogP contribution < -0.4 is 5.32 Å². The Kier molecular flexibility index (Phi) is 7.42. The summed E-state index contributed by atoms with van der Waals surface area (Å²) in [6, 6.07) is 22.9. The molecular weight excluding hydrogens is 446 g/mol. The van der Waals surface area contributed by atoms with Gasteiger partial charge in [0.15, 0.2) is 12.4 Å². The maximum absolute atomic E-state index is 12.4. The molecule has 0 atom stereocenters. The molecule has 8 nitrogen and oxygen atoms in total. The molecule has 1 heterocycles. The van der Waals surface area contributed by atoms with Crippen LogP contribution in [0.15, 0.2) is 83.3 Å². The predicted molar refractivity (Wildman–Crippen MR) is 129 cm³/mol. The zero-order valence-electron chi connectivity index (χ0n) is 19.1. The molecule has 4 rings (SSSR count). The molecule has 0 bridgehead atoms. The fraction of sp³-hybridized carbons (Fsp3) is 0.148. The van der Waals surface area contributed by atoms with E-state index in [1.165, 1.54) is 0 Å². The van der Waals surface area contributed by atoms with E-state index in [0.29, 0.717) is 28.6 Å². The maximum atomic E-state index is 12.4. The number of aryl methyl sites for hydroxylation is 2. The minimum Gasteiger partial charge on any atom is -0.457 e. The third kappa shape index (κ3) is 6.48. The van der Waals surface area contributed by atoms with Crippen LogP contribution in [0.25, 0.3) is 11.5 Å². The van der Waals surface area contributed by atoms with E-state index in [0.717, 1.165) is 11.1 Å². The second kappa shape index (κ2) is 11.0. The molecule has 0 saturated carbocycles. The number of Topliss-reactive ketones (excluding diaryl/α,β-unsaturated/α-hetero) is 1. The number of esters is 1. The number of anilines is 1. The van der Waals surface area contributed by atoms with Crippen LogP contribution >= 0.6 is 0 Å². The Hall–Kier alpha value is -4.59. The molecule has 0 fully saturated rings. The van der Waals surface area contributed by atoms with Gasteiger partial charge in [0.2, 0.25) is 11.8 Å². The lowest BCUT2D eigenvalue weighted by atomic mass is 10.1. The number of hydrogen-bond donors (Lipinski definition) is 1. The van der Waals surface area contributed by atoms with E-state index in [2.05, 4.69) is 15.5 Å². The molecule has 1 amide bonds. The van der Waals surface area contributed by atoms with Gasteiger partial charge in [-0.05, 0) is 55.5 Å². The molecule has 0 radical (unpaired) electrons. The van der Waals surface area contributed by atoms with Crippen molar-refractivity contribution in [3.63, 3.8) is 0 Å². The normalized spacial score (nSPS) is 10.5. The SMILES string of the molecule is Cc1ccc(-c2nnc(CCC(=O)OCC(=O)c3ccc(NC(=O)c4ccccc4)cc3)o2)cc1. The van der Waals surface area contributed by atoms with Gasteiger partial charge in [0.25, 0.3) is 5.91 Å². The fourth-order valence-electron chi connectivity index (χ4n) is 3.21. The lowest BCUT2D eigenvalue weighted by Gasteiger charge is -2.07. The van der Waals surface area contributed by atoms with E-state index in [4.69, 9.17) is 9.15 Å². The number of aromatic nitrogens is 2. The number of ketones is 1. The van der Waals surface area contributed by atoms with Crippen molar-refractivity contribution in [1.82, 2.24) is 10.2 Å². The van der Waals surface area contributed by atoms with Crippen LogP contribution in [-0.2, 0) is 16.0 Å². The molecule has 3 aromatic carbocycles. The third-order valence-corrected chi connectivity index (χ3v) is 5.17. The first kappa shape index (κ1) is 23.6. The number of ether oxygens (including phenoxy) is 1. The average Bonchev–Trinajstić information content (AvgIpc) is 3.36. The van der Waals surface area contributed by atoms with Gasteiger partial charge in [-0.2, -0.15) is 0 Å². The Morgan fingerprint density at radius 1 is 0.857 bits per heavy atom. The fourth-order valence-corrected chi connectivity index (χ4v) is 3.21. The van der Waals surface area contributed by atoms with Crippen molar-refractivity contribution in [2.75, 3.05) is 11.9 Å². The second-order valence-electron chi connectivity index (χ2n) is 7.85. The van der Waals surface area contributed by atoms with Gasteiger partial charge >= 0.3 is 5.97 Å². The van der Waals surface area contributed by atoms with Crippen LogP contribution in [0.5, 0.6) is 0 Å². The molecular formula is C27H23N3O5. The summed E-state index contributed by atoms with van der Waals surface area (Å²) in [5, 5.41) is 10.7. The molecule has 1 aromatic heterocycles. The van der Waals surface area contributed by atoms with Gasteiger partial charge in [0.05, 0.1) is 6.42 Å².